The molecule has 3 atom stereocenters. The van der Waals surface area contributed by atoms with Gasteiger partial charge >= 0.3 is 0 Å². The molecular weight excluding hydrogens is 288 g/mol. The van der Waals surface area contributed by atoms with Gasteiger partial charge in [-0.1, -0.05) is 0 Å². The first kappa shape index (κ1) is 18.4. The highest BCUT2D eigenvalue weighted by atomic mass is 16.3. The molecule has 3 amide bonds. The van der Waals surface area contributed by atoms with Gasteiger partial charge in [-0.25, -0.2) is 0 Å². The summed E-state index contributed by atoms with van der Waals surface area (Å²) in [5.41, 5.74) is 10.6. The van der Waals surface area contributed by atoms with Crippen LogP contribution in [0.1, 0.15) is 39.0 Å². The number of rotatable bonds is 9. The van der Waals surface area contributed by atoms with Crippen LogP contribution in [0.15, 0.2) is 0 Å². The molecule has 1 fully saturated rings. The normalized spacial score (nSPS) is 20.8. The van der Waals surface area contributed by atoms with Gasteiger partial charge in [0.05, 0.1) is 6.61 Å². The molecule has 0 bridgehead atoms. The summed E-state index contributed by atoms with van der Waals surface area (Å²) in [5.74, 6) is -1.34. The van der Waals surface area contributed by atoms with Crippen molar-refractivity contribution in [2.45, 2.75) is 57.2 Å². The predicted molar refractivity (Wildman–Crippen MR) is 80.4 cm³/mol. The number of carbonyl (C=O) groups excluding carboxylic acids is 3. The number of carbonyl (C=O) groups is 3. The predicted octanol–water partition coefficient (Wildman–Crippen LogP) is -1.54. The van der Waals surface area contributed by atoms with Crippen LogP contribution in [0.3, 0.4) is 0 Å². The summed E-state index contributed by atoms with van der Waals surface area (Å²) in [7, 11) is 0. The molecular formula is C14H26N4O4. The lowest BCUT2D eigenvalue weighted by Crippen LogP contribution is -2.55. The number of likely N-dealkylation sites (tertiary alicyclic amines) is 1. The van der Waals surface area contributed by atoms with E-state index in [-0.39, 0.29) is 11.9 Å². The Morgan fingerprint density at radius 2 is 2.14 bits per heavy atom. The Morgan fingerprint density at radius 1 is 1.45 bits per heavy atom. The Labute approximate surface area is 130 Å². The van der Waals surface area contributed by atoms with Crippen LogP contribution in [0.4, 0.5) is 0 Å². The van der Waals surface area contributed by atoms with Crippen LogP contribution < -0.4 is 16.8 Å². The third-order valence-corrected chi connectivity index (χ3v) is 3.95. The standard InChI is InChI=1S/C14H26N4O4/c1-9-5-6-12(20)18(9)11(4-2-3-7-15)14(22)17-10(8-19)13(16)21/h9-11,19H,2-8,15H2,1H3,(H2,16,21)(H,17,22)/t9?,10-,11-/m0/s1. The molecule has 22 heavy (non-hydrogen) atoms. The average Bonchev–Trinajstić information content (AvgIpc) is 2.80. The minimum Gasteiger partial charge on any atom is -0.394 e. The number of amides is 3. The van der Waals surface area contributed by atoms with Gasteiger partial charge in [0, 0.05) is 12.5 Å². The van der Waals surface area contributed by atoms with Crippen molar-refractivity contribution in [3.05, 3.63) is 0 Å². The van der Waals surface area contributed by atoms with Crippen LogP contribution >= 0.6 is 0 Å². The summed E-state index contributed by atoms with van der Waals surface area (Å²) in [6.07, 6.45) is 3.04. The van der Waals surface area contributed by atoms with Gasteiger partial charge in [-0.3, -0.25) is 14.4 Å². The smallest absolute Gasteiger partial charge is 0.243 e. The number of primary amides is 1. The summed E-state index contributed by atoms with van der Waals surface area (Å²) in [5, 5.41) is 11.5. The largest absolute Gasteiger partial charge is 0.394 e. The van der Waals surface area contributed by atoms with E-state index in [1.807, 2.05) is 6.92 Å². The molecule has 1 heterocycles. The molecule has 0 spiro atoms. The number of hydrogen-bond acceptors (Lipinski definition) is 5. The Morgan fingerprint density at radius 3 is 2.59 bits per heavy atom. The maximum atomic E-state index is 12.4. The van der Waals surface area contributed by atoms with Gasteiger partial charge in [-0.2, -0.15) is 0 Å². The SMILES string of the molecule is CC1CCC(=O)N1[C@@H](CCCCN)C(=O)N[C@@H](CO)C(N)=O. The summed E-state index contributed by atoms with van der Waals surface area (Å²) in [6.45, 7) is 1.84. The van der Waals surface area contributed by atoms with Crippen molar-refractivity contribution in [3.8, 4) is 0 Å². The van der Waals surface area contributed by atoms with E-state index < -0.39 is 30.5 Å². The first-order chi connectivity index (χ1) is 10.4. The molecule has 1 aliphatic rings. The lowest BCUT2D eigenvalue weighted by atomic mass is 10.1. The molecule has 8 nitrogen and oxygen atoms in total. The van der Waals surface area contributed by atoms with E-state index in [0.29, 0.717) is 32.2 Å². The van der Waals surface area contributed by atoms with Crippen LogP contribution in [0.25, 0.3) is 0 Å². The van der Waals surface area contributed by atoms with E-state index in [0.717, 1.165) is 6.42 Å². The van der Waals surface area contributed by atoms with E-state index in [2.05, 4.69) is 5.32 Å². The quantitative estimate of drug-likeness (QED) is 0.382. The molecule has 0 radical (unpaired) electrons. The first-order valence-corrected chi connectivity index (χ1v) is 7.64. The van der Waals surface area contributed by atoms with Crippen molar-refractivity contribution in [1.82, 2.24) is 10.2 Å². The maximum absolute atomic E-state index is 12.4. The third-order valence-electron chi connectivity index (χ3n) is 3.95. The van der Waals surface area contributed by atoms with Crippen LogP contribution in [0.2, 0.25) is 0 Å². The van der Waals surface area contributed by atoms with Crippen molar-refractivity contribution in [1.29, 1.82) is 0 Å². The molecule has 126 valence electrons. The number of nitrogens with zero attached hydrogens (tertiary/aromatic N) is 1. The molecule has 6 N–H and O–H groups in total. The zero-order valence-electron chi connectivity index (χ0n) is 13.0. The van der Waals surface area contributed by atoms with Crippen molar-refractivity contribution in [2.75, 3.05) is 13.2 Å². The molecule has 1 aliphatic heterocycles. The fourth-order valence-corrected chi connectivity index (χ4v) is 2.68. The van der Waals surface area contributed by atoms with Gasteiger partial charge in [0.25, 0.3) is 0 Å². The number of nitrogens with one attached hydrogen (secondary N) is 1. The third kappa shape index (κ3) is 4.67. The minimum atomic E-state index is -1.14. The summed E-state index contributed by atoms with van der Waals surface area (Å²) >= 11 is 0. The van der Waals surface area contributed by atoms with Gasteiger partial charge < -0.3 is 26.8 Å². The molecule has 0 aromatic heterocycles. The number of nitrogens with two attached hydrogens (primary N) is 2. The summed E-state index contributed by atoms with van der Waals surface area (Å²) < 4.78 is 0. The Hall–Kier alpha value is -1.67. The van der Waals surface area contributed by atoms with Crippen molar-refractivity contribution in [2.24, 2.45) is 11.5 Å². The van der Waals surface area contributed by atoms with Crippen LogP contribution in [0, 0.1) is 0 Å². The van der Waals surface area contributed by atoms with Gasteiger partial charge in [0.1, 0.15) is 12.1 Å². The van der Waals surface area contributed by atoms with E-state index >= 15 is 0 Å². The number of hydrogen-bond donors (Lipinski definition) is 4. The number of aliphatic hydroxyl groups is 1. The fourth-order valence-electron chi connectivity index (χ4n) is 2.68. The zero-order chi connectivity index (χ0) is 16.7. The molecule has 8 heteroatoms. The summed E-state index contributed by atoms with van der Waals surface area (Å²) in [4.78, 5) is 37.2. The van der Waals surface area contributed by atoms with Crippen molar-refractivity contribution in [3.63, 3.8) is 0 Å². The van der Waals surface area contributed by atoms with E-state index in [1.54, 1.807) is 4.90 Å². The molecule has 1 rings (SSSR count). The van der Waals surface area contributed by atoms with Crippen LogP contribution in [0.5, 0.6) is 0 Å². The second kappa shape index (κ2) is 8.70. The van der Waals surface area contributed by atoms with Crippen LogP contribution in [-0.2, 0) is 14.4 Å². The van der Waals surface area contributed by atoms with Gasteiger partial charge in [0.2, 0.25) is 17.7 Å². The topological polar surface area (TPSA) is 139 Å². The van der Waals surface area contributed by atoms with Gasteiger partial charge in [0.15, 0.2) is 0 Å². The number of unbranched alkanes of at least 4 members (excludes halogenated alkanes) is 1. The highest BCUT2D eigenvalue weighted by Gasteiger charge is 2.37. The van der Waals surface area contributed by atoms with E-state index in [1.165, 1.54) is 0 Å². The van der Waals surface area contributed by atoms with E-state index in [9.17, 15) is 14.4 Å². The fraction of sp³-hybridized carbons (Fsp3) is 0.786. The minimum absolute atomic E-state index is 0.0257. The first-order valence-electron chi connectivity index (χ1n) is 7.64. The van der Waals surface area contributed by atoms with Crippen molar-refractivity contribution >= 4 is 17.7 Å². The molecule has 1 unspecified atom stereocenters. The number of aliphatic hydroxyl groups excluding tert-OH is 1. The van der Waals surface area contributed by atoms with Gasteiger partial charge in [-0.15, -0.1) is 0 Å². The second-order valence-corrected chi connectivity index (χ2v) is 5.64. The molecule has 0 saturated carbocycles. The van der Waals surface area contributed by atoms with Gasteiger partial charge in [-0.05, 0) is 39.2 Å². The molecule has 0 aromatic carbocycles. The average molecular weight is 314 g/mol. The summed E-state index contributed by atoms with van der Waals surface area (Å²) in [6, 6.07) is -1.83. The maximum Gasteiger partial charge on any atom is 0.243 e. The van der Waals surface area contributed by atoms with E-state index in [4.69, 9.17) is 16.6 Å². The Kier molecular flexibility index (Phi) is 7.26. The Bertz CT molecular complexity index is 416. The molecule has 1 saturated heterocycles. The lowest BCUT2D eigenvalue weighted by molar-refractivity contribution is -0.140. The Balaban J connectivity index is 2.82. The monoisotopic (exact) mass is 314 g/mol. The van der Waals surface area contributed by atoms with Crippen LogP contribution in [-0.4, -0.2) is 59.0 Å². The highest BCUT2D eigenvalue weighted by Crippen LogP contribution is 2.24. The highest BCUT2D eigenvalue weighted by molar-refractivity contribution is 5.92. The second-order valence-electron chi connectivity index (χ2n) is 5.64. The lowest BCUT2D eigenvalue weighted by Gasteiger charge is -2.31. The molecule has 0 aliphatic carbocycles. The zero-order valence-corrected chi connectivity index (χ0v) is 13.0. The molecule has 0 aromatic rings. The van der Waals surface area contributed by atoms with Crippen molar-refractivity contribution < 1.29 is 19.5 Å².